The van der Waals surface area contributed by atoms with Crippen LogP contribution in [0.25, 0.3) is 0 Å². The van der Waals surface area contributed by atoms with Crippen molar-refractivity contribution in [3.8, 4) is 5.75 Å². The number of furan rings is 1. The van der Waals surface area contributed by atoms with E-state index in [1.165, 1.54) is 18.4 Å². The summed E-state index contributed by atoms with van der Waals surface area (Å²) in [6.07, 6.45) is 1.28. The van der Waals surface area contributed by atoms with E-state index < -0.39 is 22.3 Å². The highest BCUT2D eigenvalue weighted by atomic mass is 19.1. The van der Waals surface area contributed by atoms with Gasteiger partial charge in [-0.05, 0) is 12.1 Å². The molecule has 0 unspecified atom stereocenters. The summed E-state index contributed by atoms with van der Waals surface area (Å²) in [6, 6.07) is 4.63. The molecule has 0 saturated carbocycles. The van der Waals surface area contributed by atoms with E-state index >= 15 is 0 Å². The maximum atomic E-state index is 13.4. The van der Waals surface area contributed by atoms with Gasteiger partial charge in [0.1, 0.15) is 12.4 Å². The number of nitrogens with two attached hydrogens (primary N) is 1. The molecule has 1 aromatic carbocycles. The van der Waals surface area contributed by atoms with E-state index in [0.29, 0.717) is 5.56 Å². The zero-order valence-corrected chi connectivity index (χ0v) is 10.5. The summed E-state index contributed by atoms with van der Waals surface area (Å²) in [7, 11) is 0. The maximum absolute atomic E-state index is 13.4. The molecule has 1 aromatic heterocycles. The summed E-state index contributed by atoms with van der Waals surface area (Å²) < 4.78 is 23.6. The van der Waals surface area contributed by atoms with E-state index in [1.54, 1.807) is 0 Å². The number of rotatable bonds is 5. The van der Waals surface area contributed by atoms with Crippen LogP contribution in [0.4, 0.5) is 10.1 Å². The van der Waals surface area contributed by atoms with Crippen molar-refractivity contribution in [2.75, 3.05) is 0 Å². The summed E-state index contributed by atoms with van der Waals surface area (Å²) >= 11 is 0. The predicted molar refractivity (Wildman–Crippen MR) is 67.7 cm³/mol. The molecule has 0 bridgehead atoms. The number of nitro benzene ring substituents is 1. The molecule has 1 amide bonds. The minimum atomic E-state index is -1.01. The molecule has 21 heavy (non-hydrogen) atoms. The lowest BCUT2D eigenvalue weighted by molar-refractivity contribution is -0.387. The van der Waals surface area contributed by atoms with Gasteiger partial charge >= 0.3 is 11.6 Å². The van der Waals surface area contributed by atoms with Gasteiger partial charge in [0.05, 0.1) is 11.2 Å². The molecule has 0 aliphatic rings. The molecule has 9 heteroatoms. The number of nitro groups is 1. The van der Waals surface area contributed by atoms with Crippen LogP contribution in [0.2, 0.25) is 0 Å². The van der Waals surface area contributed by atoms with Gasteiger partial charge in [0.25, 0.3) is 0 Å². The summed E-state index contributed by atoms with van der Waals surface area (Å²) in [5.41, 5.74) is 1.67. The minimum Gasteiger partial charge on any atom is -0.489 e. The van der Waals surface area contributed by atoms with Gasteiger partial charge in [0.2, 0.25) is 5.82 Å². The second-order valence-electron chi connectivity index (χ2n) is 3.91. The van der Waals surface area contributed by atoms with E-state index in [-0.39, 0.29) is 18.1 Å². The number of hydrazine groups is 1. The second-order valence-corrected chi connectivity index (χ2v) is 3.91. The maximum Gasteiger partial charge on any atom is 0.305 e. The number of nitrogen functional groups attached to an aromatic ring is 1. The number of carbonyl (C=O) groups excluding carboxylic acids is 1. The second kappa shape index (κ2) is 6.01. The van der Waals surface area contributed by atoms with E-state index in [2.05, 4.69) is 0 Å². The monoisotopic (exact) mass is 295 g/mol. The topological polar surface area (TPSA) is 121 Å². The third-order valence-electron chi connectivity index (χ3n) is 2.59. The first-order valence-electron chi connectivity index (χ1n) is 5.67. The molecule has 110 valence electrons. The van der Waals surface area contributed by atoms with Crippen molar-refractivity contribution >= 4 is 11.6 Å². The number of nitrogens with one attached hydrogen (secondary N) is 1. The summed E-state index contributed by atoms with van der Waals surface area (Å²) in [4.78, 5) is 21.0. The minimum absolute atomic E-state index is 0.0279. The Labute approximate surface area is 117 Å². The van der Waals surface area contributed by atoms with Gasteiger partial charge in [0, 0.05) is 17.7 Å². The highest BCUT2D eigenvalue weighted by Gasteiger charge is 2.17. The van der Waals surface area contributed by atoms with Crippen LogP contribution in [-0.4, -0.2) is 10.8 Å². The molecule has 0 fully saturated rings. The lowest BCUT2D eigenvalue weighted by atomic mass is 10.2. The number of hydrogen-bond acceptors (Lipinski definition) is 6. The first-order chi connectivity index (χ1) is 10.0. The lowest BCUT2D eigenvalue weighted by Crippen LogP contribution is -2.30. The van der Waals surface area contributed by atoms with Gasteiger partial charge < -0.3 is 9.15 Å². The number of hydrogen-bond donors (Lipinski definition) is 2. The zero-order chi connectivity index (χ0) is 15.4. The molecule has 0 saturated heterocycles. The Balaban J connectivity index is 2.10. The average molecular weight is 295 g/mol. The van der Waals surface area contributed by atoms with Crippen LogP contribution in [0.3, 0.4) is 0 Å². The van der Waals surface area contributed by atoms with Crippen LogP contribution in [0.1, 0.15) is 16.1 Å². The Hall–Kier alpha value is -2.94. The van der Waals surface area contributed by atoms with Crippen LogP contribution in [0.5, 0.6) is 5.75 Å². The quantitative estimate of drug-likeness (QED) is 0.373. The molecule has 0 atom stereocenters. The molecular weight excluding hydrogens is 285 g/mol. The van der Waals surface area contributed by atoms with E-state index in [9.17, 15) is 19.3 Å². The smallest absolute Gasteiger partial charge is 0.305 e. The number of ether oxygens (including phenoxy) is 1. The standard InChI is InChI=1S/C12H10FN3O5/c13-9-5-8(1-2-10(9)16(18)19)21-6-7-3-4-20-11(7)12(17)15-14/h1-5H,6,14H2,(H,15,17). The normalized spacial score (nSPS) is 10.2. The van der Waals surface area contributed by atoms with Crippen LogP contribution in [0.15, 0.2) is 34.9 Å². The largest absolute Gasteiger partial charge is 0.489 e. The number of benzene rings is 1. The lowest BCUT2D eigenvalue weighted by Gasteiger charge is -2.06. The highest BCUT2D eigenvalue weighted by molar-refractivity contribution is 5.92. The Bertz CT molecular complexity index is 685. The number of carbonyl (C=O) groups is 1. The molecule has 8 nitrogen and oxygen atoms in total. The number of halogens is 1. The van der Waals surface area contributed by atoms with Crippen molar-refractivity contribution in [2.45, 2.75) is 6.61 Å². The molecule has 0 radical (unpaired) electrons. The molecule has 2 rings (SSSR count). The van der Waals surface area contributed by atoms with Gasteiger partial charge in [-0.3, -0.25) is 20.3 Å². The molecule has 2 aromatic rings. The SMILES string of the molecule is NNC(=O)c1occc1COc1ccc([N+](=O)[O-])c(F)c1. The van der Waals surface area contributed by atoms with Gasteiger partial charge in [-0.2, -0.15) is 4.39 Å². The van der Waals surface area contributed by atoms with E-state index in [4.69, 9.17) is 15.0 Å². The summed E-state index contributed by atoms with van der Waals surface area (Å²) in [5, 5.41) is 10.5. The Morgan fingerprint density at radius 2 is 2.24 bits per heavy atom. The number of amides is 1. The zero-order valence-electron chi connectivity index (χ0n) is 10.5. The predicted octanol–water partition coefficient (Wildman–Crippen LogP) is 1.51. The number of nitrogens with zero attached hydrogens (tertiary/aromatic N) is 1. The van der Waals surface area contributed by atoms with Crippen LogP contribution >= 0.6 is 0 Å². The van der Waals surface area contributed by atoms with Crippen LogP contribution < -0.4 is 16.0 Å². The fraction of sp³-hybridized carbons (Fsp3) is 0.0833. The first kappa shape index (κ1) is 14.5. The van der Waals surface area contributed by atoms with Gasteiger partial charge in [-0.1, -0.05) is 0 Å². The van der Waals surface area contributed by atoms with Gasteiger partial charge in [0.15, 0.2) is 5.76 Å². The fourth-order valence-electron chi connectivity index (χ4n) is 1.60. The van der Waals surface area contributed by atoms with E-state index in [0.717, 1.165) is 12.1 Å². The Kier molecular flexibility index (Phi) is 4.14. The average Bonchev–Trinajstić information content (AvgIpc) is 2.92. The van der Waals surface area contributed by atoms with Crippen LogP contribution in [0, 0.1) is 15.9 Å². The molecule has 1 heterocycles. The van der Waals surface area contributed by atoms with Crippen molar-refractivity contribution < 1.29 is 23.3 Å². The van der Waals surface area contributed by atoms with Crippen molar-refractivity contribution in [1.29, 1.82) is 0 Å². The molecule has 0 spiro atoms. The van der Waals surface area contributed by atoms with Crippen molar-refractivity contribution in [3.63, 3.8) is 0 Å². The third-order valence-corrected chi connectivity index (χ3v) is 2.59. The highest BCUT2D eigenvalue weighted by Crippen LogP contribution is 2.23. The van der Waals surface area contributed by atoms with E-state index in [1.807, 2.05) is 5.43 Å². The third kappa shape index (κ3) is 3.15. The molecule has 0 aliphatic carbocycles. The van der Waals surface area contributed by atoms with Gasteiger partial charge in [-0.15, -0.1) is 0 Å². The fourth-order valence-corrected chi connectivity index (χ4v) is 1.60. The molecule has 0 aliphatic heterocycles. The first-order valence-corrected chi connectivity index (χ1v) is 5.67. The van der Waals surface area contributed by atoms with Gasteiger partial charge in [-0.25, -0.2) is 5.84 Å². The summed E-state index contributed by atoms with van der Waals surface area (Å²) in [6.45, 7) is -0.0868. The summed E-state index contributed by atoms with van der Waals surface area (Å²) in [5.74, 6) is 3.40. The Morgan fingerprint density at radius 1 is 1.48 bits per heavy atom. The van der Waals surface area contributed by atoms with Crippen molar-refractivity contribution in [2.24, 2.45) is 5.84 Å². The van der Waals surface area contributed by atoms with Crippen molar-refractivity contribution in [3.05, 3.63) is 57.8 Å². The van der Waals surface area contributed by atoms with Crippen LogP contribution in [-0.2, 0) is 6.61 Å². The Morgan fingerprint density at radius 3 is 2.86 bits per heavy atom. The molecular formula is C12H10FN3O5. The molecule has 3 N–H and O–H groups in total. The van der Waals surface area contributed by atoms with Crippen molar-refractivity contribution in [1.82, 2.24) is 5.43 Å².